The molecule has 8 nitrogen and oxygen atoms in total. The molecule has 1 unspecified atom stereocenters. The van der Waals surface area contributed by atoms with Crippen molar-refractivity contribution in [2.75, 3.05) is 18.4 Å². The molecule has 8 heteroatoms. The summed E-state index contributed by atoms with van der Waals surface area (Å²) in [5.41, 5.74) is 2.77. The third-order valence-corrected chi connectivity index (χ3v) is 5.42. The second-order valence-electron chi connectivity index (χ2n) is 7.72. The van der Waals surface area contributed by atoms with Gasteiger partial charge in [0.1, 0.15) is 5.82 Å². The molecule has 1 amide bonds. The average molecular weight is 393 g/mol. The highest BCUT2D eigenvalue weighted by Gasteiger charge is 2.25. The molecule has 0 bridgehead atoms. The van der Waals surface area contributed by atoms with Crippen molar-refractivity contribution in [2.24, 2.45) is 13.0 Å². The predicted molar refractivity (Wildman–Crippen MR) is 110 cm³/mol. The molecule has 4 heterocycles. The smallest absolute Gasteiger partial charge is 0.255 e. The second kappa shape index (κ2) is 8.46. The van der Waals surface area contributed by atoms with Crippen molar-refractivity contribution in [3.63, 3.8) is 0 Å². The molecule has 1 N–H and O–H groups in total. The van der Waals surface area contributed by atoms with E-state index in [1.165, 1.54) is 0 Å². The molecule has 29 heavy (non-hydrogen) atoms. The van der Waals surface area contributed by atoms with Crippen molar-refractivity contribution in [1.82, 2.24) is 29.2 Å². The third-order valence-electron chi connectivity index (χ3n) is 5.42. The Labute approximate surface area is 170 Å². The quantitative estimate of drug-likeness (QED) is 0.696. The van der Waals surface area contributed by atoms with Gasteiger partial charge in [0.05, 0.1) is 17.6 Å². The monoisotopic (exact) mass is 393 g/mol. The number of imidazole rings is 1. The highest BCUT2D eigenvalue weighted by Crippen LogP contribution is 2.20. The Morgan fingerprint density at radius 2 is 2.24 bits per heavy atom. The molecule has 4 rings (SSSR count). The Balaban J connectivity index is 1.34. The van der Waals surface area contributed by atoms with E-state index in [9.17, 15) is 4.79 Å². The van der Waals surface area contributed by atoms with Crippen molar-refractivity contribution in [3.05, 3.63) is 60.1 Å². The summed E-state index contributed by atoms with van der Waals surface area (Å²) in [6.45, 7) is 5.13. The normalized spacial score (nSPS) is 16.8. The summed E-state index contributed by atoms with van der Waals surface area (Å²) >= 11 is 0. The van der Waals surface area contributed by atoms with E-state index in [0.717, 1.165) is 49.6 Å². The molecule has 1 saturated heterocycles. The lowest BCUT2D eigenvalue weighted by molar-refractivity contribution is 0.0662. The van der Waals surface area contributed by atoms with E-state index in [-0.39, 0.29) is 5.91 Å². The van der Waals surface area contributed by atoms with Crippen LogP contribution >= 0.6 is 0 Å². The zero-order chi connectivity index (χ0) is 20.2. The molecule has 0 spiro atoms. The van der Waals surface area contributed by atoms with Crippen LogP contribution in [0.4, 0.5) is 5.82 Å². The first-order valence-electron chi connectivity index (χ1n) is 10.0. The summed E-state index contributed by atoms with van der Waals surface area (Å²) in [7, 11) is 1.91. The van der Waals surface area contributed by atoms with Crippen molar-refractivity contribution in [2.45, 2.75) is 32.9 Å². The van der Waals surface area contributed by atoms with Crippen LogP contribution in [0.3, 0.4) is 0 Å². The first-order valence-corrected chi connectivity index (χ1v) is 10.0. The number of piperidine rings is 1. The maximum atomic E-state index is 12.9. The van der Waals surface area contributed by atoms with Gasteiger partial charge in [0.2, 0.25) is 0 Å². The van der Waals surface area contributed by atoms with Crippen LogP contribution < -0.4 is 5.32 Å². The van der Waals surface area contributed by atoms with E-state index in [1.54, 1.807) is 17.1 Å². The van der Waals surface area contributed by atoms with Gasteiger partial charge in [-0.15, -0.1) is 0 Å². The largest absolute Gasteiger partial charge is 0.366 e. The van der Waals surface area contributed by atoms with Gasteiger partial charge in [0.25, 0.3) is 5.91 Å². The van der Waals surface area contributed by atoms with Gasteiger partial charge in [-0.2, -0.15) is 5.10 Å². The van der Waals surface area contributed by atoms with E-state index in [4.69, 9.17) is 0 Å². The molecule has 0 aliphatic carbocycles. The van der Waals surface area contributed by atoms with Crippen LogP contribution in [0.5, 0.6) is 0 Å². The van der Waals surface area contributed by atoms with Crippen molar-refractivity contribution in [1.29, 1.82) is 0 Å². The van der Waals surface area contributed by atoms with Gasteiger partial charge in [0.15, 0.2) is 0 Å². The molecule has 0 saturated carbocycles. The van der Waals surface area contributed by atoms with Crippen LogP contribution in [0.15, 0.2) is 43.2 Å². The fraction of sp³-hybridized carbons (Fsp3) is 0.429. The molecule has 152 valence electrons. The Morgan fingerprint density at radius 1 is 1.34 bits per heavy atom. The zero-order valence-electron chi connectivity index (χ0n) is 17.0. The fourth-order valence-corrected chi connectivity index (χ4v) is 3.91. The first-order chi connectivity index (χ1) is 14.1. The number of hydrogen-bond acceptors (Lipinski definition) is 5. The summed E-state index contributed by atoms with van der Waals surface area (Å²) in [6.07, 6.45) is 11.4. The van der Waals surface area contributed by atoms with E-state index in [2.05, 4.69) is 25.0 Å². The van der Waals surface area contributed by atoms with Crippen LogP contribution in [0.25, 0.3) is 0 Å². The van der Waals surface area contributed by atoms with Crippen molar-refractivity contribution < 1.29 is 4.79 Å². The molecule has 3 aromatic rings. The molecule has 1 aliphatic heterocycles. The van der Waals surface area contributed by atoms with Gasteiger partial charge in [-0.1, -0.05) is 0 Å². The number of carbonyl (C=O) groups is 1. The molecule has 1 aliphatic rings. The molecular weight excluding hydrogens is 366 g/mol. The van der Waals surface area contributed by atoms with Gasteiger partial charge < -0.3 is 14.8 Å². The van der Waals surface area contributed by atoms with Crippen LogP contribution in [-0.4, -0.2) is 48.2 Å². The summed E-state index contributed by atoms with van der Waals surface area (Å²) in [5.74, 6) is 1.27. The number of hydrogen-bond donors (Lipinski definition) is 1. The maximum Gasteiger partial charge on any atom is 0.255 e. The molecule has 1 fully saturated rings. The van der Waals surface area contributed by atoms with Gasteiger partial charge in [-0.3, -0.25) is 9.48 Å². The number of likely N-dealkylation sites (tertiary alicyclic amines) is 1. The number of aromatic nitrogens is 5. The number of pyridine rings is 1. The standard InChI is InChI=1S/C21H27N7O/c1-16-19(14-26(2)25-16)11-24-20-6-5-18(10-23-20)21(29)28-8-3-4-17(13-28)12-27-9-7-22-15-27/h5-7,9-10,14-15,17H,3-4,8,11-13H2,1-2H3,(H,23,24). The summed E-state index contributed by atoms with van der Waals surface area (Å²) in [5, 5.41) is 7.64. The maximum absolute atomic E-state index is 12.9. The van der Waals surface area contributed by atoms with Gasteiger partial charge in [0, 0.05) is 63.6 Å². The van der Waals surface area contributed by atoms with Gasteiger partial charge >= 0.3 is 0 Å². The lowest BCUT2D eigenvalue weighted by Gasteiger charge is -2.33. The summed E-state index contributed by atoms with van der Waals surface area (Å²) < 4.78 is 3.89. The fourth-order valence-electron chi connectivity index (χ4n) is 3.91. The number of nitrogens with one attached hydrogen (secondary N) is 1. The number of anilines is 1. The number of amides is 1. The number of rotatable bonds is 6. The van der Waals surface area contributed by atoms with E-state index in [0.29, 0.717) is 18.0 Å². The predicted octanol–water partition coefficient (Wildman–Crippen LogP) is 2.48. The Bertz CT molecular complexity index is 946. The minimum absolute atomic E-state index is 0.0579. The molecule has 0 aromatic carbocycles. The van der Waals surface area contributed by atoms with E-state index < -0.39 is 0 Å². The molecule has 1 atom stereocenters. The summed E-state index contributed by atoms with van der Waals surface area (Å²) in [6, 6.07) is 3.72. The number of nitrogens with zero attached hydrogens (tertiary/aromatic N) is 6. The minimum atomic E-state index is 0.0579. The molecule has 0 radical (unpaired) electrons. The summed E-state index contributed by atoms with van der Waals surface area (Å²) in [4.78, 5) is 23.4. The zero-order valence-corrected chi connectivity index (χ0v) is 17.0. The van der Waals surface area contributed by atoms with E-state index >= 15 is 0 Å². The topological polar surface area (TPSA) is 80.9 Å². The Kier molecular flexibility index (Phi) is 5.59. The van der Waals surface area contributed by atoms with Crippen LogP contribution in [0.1, 0.15) is 34.5 Å². The molecular formula is C21H27N7O. The van der Waals surface area contributed by atoms with Crippen molar-refractivity contribution in [3.8, 4) is 0 Å². The number of carbonyl (C=O) groups excluding carboxylic acids is 1. The highest BCUT2D eigenvalue weighted by atomic mass is 16.2. The van der Waals surface area contributed by atoms with Crippen LogP contribution in [-0.2, 0) is 20.1 Å². The van der Waals surface area contributed by atoms with Gasteiger partial charge in [-0.25, -0.2) is 9.97 Å². The minimum Gasteiger partial charge on any atom is -0.366 e. The van der Waals surface area contributed by atoms with Crippen LogP contribution in [0.2, 0.25) is 0 Å². The average Bonchev–Trinajstić information content (AvgIpc) is 3.35. The lowest BCUT2D eigenvalue weighted by atomic mass is 9.97. The van der Waals surface area contributed by atoms with Gasteiger partial charge in [-0.05, 0) is 37.8 Å². The van der Waals surface area contributed by atoms with Crippen molar-refractivity contribution >= 4 is 11.7 Å². The Hall–Kier alpha value is -3.16. The number of aryl methyl sites for hydroxylation is 2. The van der Waals surface area contributed by atoms with E-state index in [1.807, 2.05) is 49.7 Å². The van der Waals surface area contributed by atoms with Crippen LogP contribution in [0, 0.1) is 12.8 Å². The first kappa shape index (κ1) is 19.2. The molecule has 3 aromatic heterocycles. The SMILES string of the molecule is Cc1nn(C)cc1CNc1ccc(C(=O)N2CCCC(Cn3ccnc3)C2)cn1. The highest BCUT2D eigenvalue weighted by molar-refractivity contribution is 5.94. The third kappa shape index (κ3) is 4.64. The lowest BCUT2D eigenvalue weighted by Crippen LogP contribution is -2.41. The second-order valence-corrected chi connectivity index (χ2v) is 7.72. The Morgan fingerprint density at radius 3 is 2.93 bits per heavy atom.